The molecule has 0 N–H and O–H groups in total. The summed E-state index contributed by atoms with van der Waals surface area (Å²) >= 11 is 0. The summed E-state index contributed by atoms with van der Waals surface area (Å²) in [7, 11) is 0. The molecule has 0 aromatic heterocycles. The topological polar surface area (TPSA) is 0 Å². The van der Waals surface area contributed by atoms with Crippen LogP contribution in [0.1, 0.15) is 59.8 Å². The second-order valence-electron chi connectivity index (χ2n) is 6.86. The molecule has 15 heavy (non-hydrogen) atoms. The van der Waals surface area contributed by atoms with Gasteiger partial charge in [0, 0.05) is 0 Å². The van der Waals surface area contributed by atoms with Crippen molar-refractivity contribution in [1.82, 2.24) is 0 Å². The molecule has 2 fully saturated rings. The monoisotopic (exact) mass is 204 g/mol. The summed E-state index contributed by atoms with van der Waals surface area (Å²) in [6, 6.07) is 0. The van der Waals surface area contributed by atoms with E-state index in [9.17, 15) is 0 Å². The van der Waals surface area contributed by atoms with Gasteiger partial charge in [-0.15, -0.1) is 0 Å². The average molecular weight is 204 g/mol. The van der Waals surface area contributed by atoms with Crippen molar-refractivity contribution >= 4 is 0 Å². The molecule has 84 valence electrons. The maximum absolute atomic E-state index is 2.50. The van der Waals surface area contributed by atoms with Crippen LogP contribution in [0, 0.1) is 22.7 Å². The van der Waals surface area contributed by atoms with Gasteiger partial charge in [0.15, 0.2) is 0 Å². The third-order valence-corrected chi connectivity index (χ3v) is 6.36. The first-order valence-corrected chi connectivity index (χ1v) is 6.69. The van der Waals surface area contributed by atoms with Gasteiger partial charge in [0.2, 0.25) is 0 Å². The second-order valence-corrected chi connectivity index (χ2v) is 6.86. The van der Waals surface area contributed by atoms with Gasteiger partial charge in [-0.2, -0.15) is 0 Å². The molecule has 2 bridgehead atoms. The normalized spacial score (nSPS) is 47.2. The molecule has 0 saturated heterocycles. The quantitative estimate of drug-likeness (QED) is 0.507. The fraction of sp³-hybridized carbons (Fsp3) is 0.867. The minimum atomic E-state index is 0.499. The molecule has 3 rings (SSSR count). The molecule has 0 amide bonds. The molecular weight excluding hydrogens is 180 g/mol. The molecular formula is C15H24. The molecule has 0 nitrogen and oxygen atoms in total. The SMILES string of the molecule is CC1=C2CC[C@H](C)C23CC[C@@H](C3)C1(C)C. The molecule has 0 radical (unpaired) electrons. The summed E-state index contributed by atoms with van der Waals surface area (Å²) in [6.07, 6.45) is 7.35. The summed E-state index contributed by atoms with van der Waals surface area (Å²) in [4.78, 5) is 0. The third-order valence-electron chi connectivity index (χ3n) is 6.36. The van der Waals surface area contributed by atoms with E-state index >= 15 is 0 Å². The van der Waals surface area contributed by atoms with Crippen molar-refractivity contribution in [1.29, 1.82) is 0 Å². The van der Waals surface area contributed by atoms with Gasteiger partial charge in [-0.3, -0.25) is 0 Å². The van der Waals surface area contributed by atoms with Gasteiger partial charge in [-0.1, -0.05) is 31.9 Å². The Labute approximate surface area is 94.1 Å². The molecule has 0 aromatic carbocycles. The van der Waals surface area contributed by atoms with E-state index < -0.39 is 0 Å². The molecule has 3 aliphatic rings. The highest BCUT2D eigenvalue weighted by molar-refractivity contribution is 5.36. The van der Waals surface area contributed by atoms with Gasteiger partial charge in [-0.25, -0.2) is 0 Å². The van der Waals surface area contributed by atoms with Gasteiger partial charge in [0.25, 0.3) is 0 Å². The average Bonchev–Trinajstić information content (AvgIpc) is 2.72. The molecule has 1 spiro atoms. The number of hydrogen-bond donors (Lipinski definition) is 0. The van der Waals surface area contributed by atoms with Crippen LogP contribution in [0.2, 0.25) is 0 Å². The van der Waals surface area contributed by atoms with Crippen LogP contribution in [0.5, 0.6) is 0 Å². The zero-order valence-corrected chi connectivity index (χ0v) is 10.7. The third kappa shape index (κ3) is 0.990. The van der Waals surface area contributed by atoms with Crippen LogP contribution in [-0.2, 0) is 0 Å². The second kappa shape index (κ2) is 2.70. The lowest BCUT2D eigenvalue weighted by molar-refractivity contribution is 0.183. The Morgan fingerprint density at radius 1 is 1.20 bits per heavy atom. The lowest BCUT2D eigenvalue weighted by Crippen LogP contribution is -2.34. The number of fused-ring (bicyclic) bond motifs is 1. The highest BCUT2D eigenvalue weighted by Gasteiger charge is 2.56. The number of allylic oxidation sites excluding steroid dienone is 2. The van der Waals surface area contributed by atoms with Crippen LogP contribution in [0.25, 0.3) is 0 Å². The van der Waals surface area contributed by atoms with Gasteiger partial charge in [-0.05, 0) is 61.7 Å². The molecule has 0 aromatic rings. The summed E-state index contributed by atoms with van der Waals surface area (Å²) in [5, 5.41) is 0. The van der Waals surface area contributed by atoms with Crippen molar-refractivity contribution in [2.24, 2.45) is 22.7 Å². The highest BCUT2D eigenvalue weighted by Crippen LogP contribution is 2.67. The van der Waals surface area contributed by atoms with E-state index in [4.69, 9.17) is 0 Å². The summed E-state index contributed by atoms with van der Waals surface area (Å²) < 4.78 is 0. The molecule has 3 atom stereocenters. The highest BCUT2D eigenvalue weighted by atomic mass is 14.6. The van der Waals surface area contributed by atoms with Crippen molar-refractivity contribution in [3.8, 4) is 0 Å². The fourth-order valence-electron chi connectivity index (χ4n) is 4.85. The van der Waals surface area contributed by atoms with Gasteiger partial charge in [0.1, 0.15) is 0 Å². The maximum atomic E-state index is 2.50. The van der Waals surface area contributed by atoms with Crippen molar-refractivity contribution in [3.63, 3.8) is 0 Å². The number of hydrogen-bond acceptors (Lipinski definition) is 0. The summed E-state index contributed by atoms with van der Waals surface area (Å²) in [5.74, 6) is 1.94. The smallest absolute Gasteiger partial charge is 0.00565 e. The zero-order chi connectivity index (χ0) is 10.8. The van der Waals surface area contributed by atoms with Crippen molar-refractivity contribution < 1.29 is 0 Å². The minimum absolute atomic E-state index is 0.499. The van der Waals surface area contributed by atoms with Crippen LogP contribution < -0.4 is 0 Å². The van der Waals surface area contributed by atoms with E-state index in [1.807, 2.05) is 5.57 Å². The van der Waals surface area contributed by atoms with Gasteiger partial charge < -0.3 is 0 Å². The predicted molar refractivity (Wildman–Crippen MR) is 64.7 cm³/mol. The van der Waals surface area contributed by atoms with Crippen molar-refractivity contribution in [2.75, 3.05) is 0 Å². The molecule has 0 aliphatic heterocycles. The lowest BCUT2D eigenvalue weighted by atomic mass is 9.61. The Morgan fingerprint density at radius 3 is 2.67 bits per heavy atom. The summed E-state index contributed by atoms with van der Waals surface area (Å²) in [5.41, 5.74) is 4.82. The van der Waals surface area contributed by atoms with E-state index in [0.717, 1.165) is 11.8 Å². The van der Waals surface area contributed by atoms with Gasteiger partial charge >= 0.3 is 0 Å². The summed E-state index contributed by atoms with van der Waals surface area (Å²) in [6.45, 7) is 9.90. The van der Waals surface area contributed by atoms with Crippen LogP contribution in [0.4, 0.5) is 0 Å². The Kier molecular flexibility index (Phi) is 1.79. The van der Waals surface area contributed by atoms with Crippen LogP contribution in [-0.4, -0.2) is 0 Å². The maximum Gasteiger partial charge on any atom is -0.00565 e. The predicted octanol–water partition coefficient (Wildman–Crippen LogP) is 4.56. The fourth-order valence-corrected chi connectivity index (χ4v) is 4.85. The van der Waals surface area contributed by atoms with Crippen molar-refractivity contribution in [3.05, 3.63) is 11.1 Å². The Bertz CT molecular complexity index is 334. The van der Waals surface area contributed by atoms with Gasteiger partial charge in [0.05, 0.1) is 0 Å². The Hall–Kier alpha value is -0.260. The number of rotatable bonds is 0. The largest absolute Gasteiger partial charge is 0.0676 e. The first-order valence-electron chi connectivity index (χ1n) is 6.69. The first-order chi connectivity index (χ1) is 6.98. The first kappa shape index (κ1) is 9.93. The minimum Gasteiger partial charge on any atom is -0.0676 e. The Morgan fingerprint density at radius 2 is 1.93 bits per heavy atom. The molecule has 1 unspecified atom stereocenters. The Balaban J connectivity index is 2.18. The standard InChI is InChI=1S/C15H24/c1-10-5-6-13-11(2)14(3,4)12-7-8-15(10,13)9-12/h10,12H,5-9H2,1-4H3/t10-,12-,15?/m0/s1. The van der Waals surface area contributed by atoms with E-state index in [1.165, 1.54) is 32.1 Å². The van der Waals surface area contributed by atoms with Crippen LogP contribution >= 0.6 is 0 Å². The zero-order valence-electron chi connectivity index (χ0n) is 10.7. The molecule has 3 aliphatic carbocycles. The van der Waals surface area contributed by atoms with Crippen molar-refractivity contribution in [2.45, 2.75) is 59.8 Å². The molecule has 2 saturated carbocycles. The van der Waals surface area contributed by atoms with E-state index in [-0.39, 0.29) is 0 Å². The van der Waals surface area contributed by atoms with E-state index in [1.54, 1.807) is 5.57 Å². The van der Waals surface area contributed by atoms with Crippen LogP contribution in [0.15, 0.2) is 11.1 Å². The lowest BCUT2D eigenvalue weighted by Gasteiger charge is -2.44. The van der Waals surface area contributed by atoms with Crippen LogP contribution in [0.3, 0.4) is 0 Å². The van der Waals surface area contributed by atoms with E-state index in [0.29, 0.717) is 10.8 Å². The van der Waals surface area contributed by atoms with E-state index in [2.05, 4.69) is 27.7 Å². The molecule has 0 heteroatoms. The molecule has 0 heterocycles.